The molecule has 0 heteroatoms. The first-order valence-corrected chi connectivity index (χ1v) is 7.06. The van der Waals surface area contributed by atoms with Crippen LogP contribution in [-0.4, -0.2) is 0 Å². The molecule has 0 aliphatic heterocycles. The summed E-state index contributed by atoms with van der Waals surface area (Å²) in [5, 5.41) is 0. The Labute approximate surface area is 96.8 Å². The van der Waals surface area contributed by atoms with E-state index in [1.807, 2.05) is 5.92 Å². The Morgan fingerprint density at radius 3 is 2.00 bits per heavy atom. The summed E-state index contributed by atoms with van der Waals surface area (Å²) in [6, 6.07) is 0. The van der Waals surface area contributed by atoms with E-state index < -0.39 is 0 Å². The lowest BCUT2D eigenvalue weighted by atomic mass is 9.85. The summed E-state index contributed by atoms with van der Waals surface area (Å²) in [5.74, 6) is 1.87. The van der Waals surface area contributed by atoms with Crippen LogP contribution in [0.4, 0.5) is 0 Å². The zero-order valence-corrected chi connectivity index (χ0v) is 10.4. The quantitative estimate of drug-likeness (QED) is 0.463. The second kappa shape index (κ2) is 9.24. The van der Waals surface area contributed by atoms with Crippen molar-refractivity contribution in [1.82, 2.24) is 0 Å². The fourth-order valence-electron chi connectivity index (χ4n) is 2.56. The van der Waals surface area contributed by atoms with Gasteiger partial charge in [0.05, 0.1) is 0 Å². The van der Waals surface area contributed by atoms with Gasteiger partial charge < -0.3 is 0 Å². The number of unbranched alkanes of at least 4 members (excludes halogenated alkanes) is 6. The molecule has 0 nitrogen and oxygen atoms in total. The van der Waals surface area contributed by atoms with Crippen molar-refractivity contribution in [3.8, 4) is 0 Å². The van der Waals surface area contributed by atoms with Gasteiger partial charge in [0.15, 0.2) is 0 Å². The van der Waals surface area contributed by atoms with Crippen molar-refractivity contribution in [3.05, 3.63) is 12.8 Å². The Kier molecular flexibility index (Phi) is 8.05. The summed E-state index contributed by atoms with van der Waals surface area (Å²) in [6.45, 7) is 3.88. The molecule has 0 amide bonds. The maximum atomic E-state index is 3.88. The second-order valence-corrected chi connectivity index (χ2v) is 5.04. The molecule has 0 heterocycles. The average Bonchev–Trinajstić information content (AvgIpc) is 2.29. The molecule has 0 saturated heterocycles. The second-order valence-electron chi connectivity index (χ2n) is 5.04. The third kappa shape index (κ3) is 6.98. The van der Waals surface area contributed by atoms with Crippen molar-refractivity contribution >= 4 is 0 Å². The third-order valence-electron chi connectivity index (χ3n) is 3.59. The van der Waals surface area contributed by atoms with Gasteiger partial charge in [-0.25, -0.2) is 0 Å². The lowest BCUT2D eigenvalue weighted by Crippen LogP contribution is -2.03. The molecule has 1 rings (SSSR count). The van der Waals surface area contributed by atoms with Crippen molar-refractivity contribution < 1.29 is 0 Å². The molecule has 0 atom stereocenters. The first kappa shape index (κ1) is 13.1. The SMILES string of the molecule is [CH2]CCCCCCCC[C]1CCCCC1. The maximum Gasteiger partial charge on any atom is -0.0241 e. The van der Waals surface area contributed by atoms with E-state index in [2.05, 4.69) is 6.92 Å². The molecule has 0 bridgehead atoms. The van der Waals surface area contributed by atoms with Crippen LogP contribution in [0.15, 0.2) is 0 Å². The van der Waals surface area contributed by atoms with E-state index in [-0.39, 0.29) is 0 Å². The molecule has 0 aromatic rings. The Hall–Kier alpha value is 0. The molecule has 1 aliphatic carbocycles. The standard InChI is InChI=1S/C15H28/c1-2-3-4-5-6-7-9-12-15-13-10-8-11-14-15/h1-14H2. The van der Waals surface area contributed by atoms with E-state index in [0.717, 1.165) is 6.42 Å². The van der Waals surface area contributed by atoms with E-state index in [1.54, 1.807) is 0 Å². The average molecular weight is 208 g/mol. The van der Waals surface area contributed by atoms with Crippen molar-refractivity contribution in [2.24, 2.45) is 0 Å². The molecule has 0 aromatic carbocycles. The van der Waals surface area contributed by atoms with Crippen molar-refractivity contribution in [3.63, 3.8) is 0 Å². The first-order valence-electron chi connectivity index (χ1n) is 7.06. The Morgan fingerprint density at radius 2 is 1.33 bits per heavy atom. The molecule has 88 valence electrons. The van der Waals surface area contributed by atoms with Gasteiger partial charge >= 0.3 is 0 Å². The van der Waals surface area contributed by atoms with Gasteiger partial charge in [-0.05, 0) is 25.2 Å². The van der Waals surface area contributed by atoms with Crippen molar-refractivity contribution in [2.45, 2.75) is 83.5 Å². The minimum Gasteiger partial charge on any atom is -0.0533 e. The number of rotatable bonds is 8. The highest BCUT2D eigenvalue weighted by molar-refractivity contribution is 4.91. The molecule has 1 fully saturated rings. The van der Waals surface area contributed by atoms with E-state index in [9.17, 15) is 0 Å². The van der Waals surface area contributed by atoms with Gasteiger partial charge in [-0.3, -0.25) is 0 Å². The summed E-state index contributed by atoms with van der Waals surface area (Å²) in [4.78, 5) is 0. The van der Waals surface area contributed by atoms with Gasteiger partial charge in [-0.15, -0.1) is 0 Å². The van der Waals surface area contributed by atoms with Crippen molar-refractivity contribution in [1.29, 1.82) is 0 Å². The Balaban J connectivity index is 1.79. The predicted octanol–water partition coefficient (Wildman–Crippen LogP) is 5.48. The maximum absolute atomic E-state index is 3.88. The van der Waals surface area contributed by atoms with Crippen LogP contribution in [0.3, 0.4) is 0 Å². The van der Waals surface area contributed by atoms with Gasteiger partial charge in [0.25, 0.3) is 0 Å². The molecule has 1 aliphatic rings. The van der Waals surface area contributed by atoms with Gasteiger partial charge in [0, 0.05) is 0 Å². The fourth-order valence-corrected chi connectivity index (χ4v) is 2.56. The molecule has 0 aromatic heterocycles. The summed E-state index contributed by atoms with van der Waals surface area (Å²) in [5.41, 5.74) is 0. The predicted molar refractivity (Wildman–Crippen MR) is 68.6 cm³/mol. The topological polar surface area (TPSA) is 0 Å². The van der Waals surface area contributed by atoms with E-state index in [1.165, 1.54) is 77.0 Å². The summed E-state index contributed by atoms with van der Waals surface area (Å²) < 4.78 is 0. The largest absolute Gasteiger partial charge is 0.0533 e. The van der Waals surface area contributed by atoms with E-state index in [4.69, 9.17) is 0 Å². The van der Waals surface area contributed by atoms with Crippen LogP contribution in [0.5, 0.6) is 0 Å². The zero-order valence-electron chi connectivity index (χ0n) is 10.4. The van der Waals surface area contributed by atoms with Gasteiger partial charge in [-0.2, -0.15) is 0 Å². The summed E-state index contributed by atoms with van der Waals surface area (Å²) in [6.07, 6.45) is 18.4. The Morgan fingerprint density at radius 1 is 0.733 bits per heavy atom. The van der Waals surface area contributed by atoms with Gasteiger partial charge in [0.1, 0.15) is 0 Å². The zero-order chi connectivity index (χ0) is 10.8. The monoisotopic (exact) mass is 208 g/mol. The highest BCUT2D eigenvalue weighted by atomic mass is 14.2. The molecule has 0 N–H and O–H groups in total. The van der Waals surface area contributed by atoms with Crippen LogP contribution >= 0.6 is 0 Å². The lowest BCUT2D eigenvalue weighted by Gasteiger charge is -2.20. The molecular weight excluding hydrogens is 180 g/mol. The Bertz CT molecular complexity index is 122. The summed E-state index contributed by atoms with van der Waals surface area (Å²) in [7, 11) is 0. The molecule has 15 heavy (non-hydrogen) atoms. The number of hydrogen-bond acceptors (Lipinski definition) is 0. The lowest BCUT2D eigenvalue weighted by molar-refractivity contribution is 0.485. The van der Waals surface area contributed by atoms with Gasteiger partial charge in [0.2, 0.25) is 0 Å². The van der Waals surface area contributed by atoms with Gasteiger partial charge in [-0.1, -0.05) is 71.1 Å². The summed E-state index contributed by atoms with van der Waals surface area (Å²) >= 11 is 0. The molecule has 0 unspecified atom stereocenters. The highest BCUT2D eigenvalue weighted by Gasteiger charge is 2.12. The minimum atomic E-state index is 1.12. The minimum absolute atomic E-state index is 1.12. The molecule has 2 radical (unpaired) electrons. The van der Waals surface area contributed by atoms with E-state index in [0.29, 0.717) is 0 Å². The van der Waals surface area contributed by atoms with Crippen LogP contribution in [0.25, 0.3) is 0 Å². The normalized spacial score (nSPS) is 18.2. The number of hydrogen-bond donors (Lipinski definition) is 0. The molecule has 1 saturated carbocycles. The van der Waals surface area contributed by atoms with Crippen LogP contribution < -0.4 is 0 Å². The molecular formula is C15H28. The van der Waals surface area contributed by atoms with E-state index >= 15 is 0 Å². The molecule has 0 spiro atoms. The van der Waals surface area contributed by atoms with Crippen LogP contribution in [0.2, 0.25) is 0 Å². The van der Waals surface area contributed by atoms with Crippen LogP contribution in [-0.2, 0) is 0 Å². The first-order chi connectivity index (χ1) is 7.43. The fraction of sp³-hybridized carbons (Fsp3) is 0.867. The smallest absolute Gasteiger partial charge is 0.0241 e. The van der Waals surface area contributed by atoms with Crippen LogP contribution in [0, 0.1) is 12.8 Å². The van der Waals surface area contributed by atoms with Crippen molar-refractivity contribution in [2.75, 3.05) is 0 Å². The third-order valence-corrected chi connectivity index (χ3v) is 3.59. The highest BCUT2D eigenvalue weighted by Crippen LogP contribution is 2.29. The van der Waals surface area contributed by atoms with Crippen LogP contribution in [0.1, 0.15) is 83.5 Å².